The second-order valence-electron chi connectivity index (χ2n) is 5.68. The van der Waals surface area contributed by atoms with E-state index in [1.54, 1.807) is 6.26 Å². The molecular weight excluding hydrogens is 368 g/mol. The van der Waals surface area contributed by atoms with E-state index in [4.69, 9.17) is 4.42 Å². The van der Waals surface area contributed by atoms with Crippen LogP contribution in [0.25, 0.3) is 5.69 Å². The Kier molecular flexibility index (Phi) is 4.90. The molecule has 3 aromatic rings. The van der Waals surface area contributed by atoms with Crippen LogP contribution in [0.1, 0.15) is 27.5 Å². The molecule has 2 aromatic heterocycles. The van der Waals surface area contributed by atoms with E-state index in [0.29, 0.717) is 18.5 Å². The Morgan fingerprint density at radius 2 is 1.96 bits per heavy atom. The average Bonchev–Trinajstić information content (AvgIpc) is 3.17. The molecule has 3 rings (SSSR count). The molecule has 124 valence electrons. The fourth-order valence-electron chi connectivity index (χ4n) is 2.83. The van der Waals surface area contributed by atoms with Crippen LogP contribution in [0.15, 0.2) is 57.6 Å². The molecule has 24 heavy (non-hydrogen) atoms. The highest BCUT2D eigenvalue weighted by Crippen LogP contribution is 2.22. The van der Waals surface area contributed by atoms with E-state index in [9.17, 15) is 4.79 Å². The zero-order valence-corrected chi connectivity index (χ0v) is 15.3. The third-order valence-electron chi connectivity index (χ3n) is 4.00. The summed E-state index contributed by atoms with van der Waals surface area (Å²) in [6.07, 6.45) is 2.33. The zero-order valence-electron chi connectivity index (χ0n) is 13.7. The molecule has 0 unspecified atom stereocenters. The van der Waals surface area contributed by atoms with Crippen molar-refractivity contribution in [2.45, 2.75) is 20.3 Å². The number of hydrogen-bond donors (Lipinski definition) is 1. The van der Waals surface area contributed by atoms with Crippen LogP contribution in [0.3, 0.4) is 0 Å². The number of aromatic nitrogens is 1. The first-order valence-corrected chi connectivity index (χ1v) is 8.61. The van der Waals surface area contributed by atoms with Gasteiger partial charge in [0.25, 0.3) is 5.91 Å². The molecule has 0 aliphatic rings. The minimum absolute atomic E-state index is 0.0574. The Morgan fingerprint density at radius 1 is 1.21 bits per heavy atom. The number of furan rings is 1. The fourth-order valence-corrected chi connectivity index (χ4v) is 3.09. The van der Waals surface area contributed by atoms with E-state index in [-0.39, 0.29) is 5.91 Å². The van der Waals surface area contributed by atoms with Crippen LogP contribution in [-0.4, -0.2) is 17.0 Å². The maximum Gasteiger partial charge on any atom is 0.253 e. The van der Waals surface area contributed by atoms with Crippen LogP contribution in [0.2, 0.25) is 0 Å². The SMILES string of the molecule is Cc1cc(C(=O)NCCc2ccco2)c(C)n1-c1ccc(Br)cc1. The lowest BCUT2D eigenvalue weighted by Crippen LogP contribution is -2.26. The standard InChI is InChI=1S/C19H19BrN2O2/c1-13-12-18(19(23)21-10-9-17-4-3-11-24-17)14(2)22(13)16-7-5-15(20)6-8-16/h3-8,11-12H,9-10H2,1-2H3,(H,21,23). The third kappa shape index (κ3) is 3.46. The molecule has 1 amide bonds. The lowest BCUT2D eigenvalue weighted by molar-refractivity contribution is 0.0953. The van der Waals surface area contributed by atoms with Crippen LogP contribution < -0.4 is 5.32 Å². The van der Waals surface area contributed by atoms with Gasteiger partial charge in [0.15, 0.2) is 0 Å². The van der Waals surface area contributed by atoms with Gasteiger partial charge in [-0.1, -0.05) is 15.9 Å². The van der Waals surface area contributed by atoms with Crippen molar-refractivity contribution in [3.8, 4) is 5.69 Å². The highest BCUT2D eigenvalue weighted by molar-refractivity contribution is 9.10. The Labute approximate surface area is 149 Å². The van der Waals surface area contributed by atoms with Crippen molar-refractivity contribution in [1.82, 2.24) is 9.88 Å². The Bertz CT molecular complexity index is 833. The van der Waals surface area contributed by atoms with Gasteiger partial charge in [-0.2, -0.15) is 0 Å². The summed E-state index contributed by atoms with van der Waals surface area (Å²) < 4.78 is 8.40. The van der Waals surface area contributed by atoms with Crippen LogP contribution in [0.5, 0.6) is 0 Å². The van der Waals surface area contributed by atoms with E-state index in [1.807, 2.05) is 56.3 Å². The summed E-state index contributed by atoms with van der Waals surface area (Å²) >= 11 is 3.45. The summed E-state index contributed by atoms with van der Waals surface area (Å²) in [7, 11) is 0. The smallest absolute Gasteiger partial charge is 0.253 e. The first-order chi connectivity index (χ1) is 11.6. The number of amides is 1. The molecule has 0 aliphatic heterocycles. The molecule has 0 bridgehead atoms. The predicted molar refractivity (Wildman–Crippen MR) is 97.7 cm³/mol. The molecule has 0 aliphatic carbocycles. The van der Waals surface area contributed by atoms with Crippen molar-refractivity contribution in [2.24, 2.45) is 0 Å². The molecule has 0 saturated heterocycles. The van der Waals surface area contributed by atoms with Gasteiger partial charge in [-0.05, 0) is 56.3 Å². The van der Waals surface area contributed by atoms with Gasteiger partial charge in [0, 0.05) is 34.5 Å². The van der Waals surface area contributed by atoms with Crippen molar-refractivity contribution in [3.63, 3.8) is 0 Å². The Hall–Kier alpha value is -2.27. The van der Waals surface area contributed by atoms with Gasteiger partial charge in [0.05, 0.1) is 11.8 Å². The molecule has 0 fully saturated rings. The summed E-state index contributed by atoms with van der Waals surface area (Å²) in [6, 6.07) is 13.7. The van der Waals surface area contributed by atoms with Gasteiger partial charge in [0.1, 0.15) is 5.76 Å². The first kappa shape index (κ1) is 16.6. The third-order valence-corrected chi connectivity index (χ3v) is 4.53. The molecule has 5 heteroatoms. The Balaban J connectivity index is 1.75. The molecule has 0 spiro atoms. The van der Waals surface area contributed by atoms with Crippen LogP contribution >= 0.6 is 15.9 Å². The van der Waals surface area contributed by atoms with Crippen LogP contribution in [-0.2, 0) is 6.42 Å². The normalized spacial score (nSPS) is 10.8. The maximum absolute atomic E-state index is 12.5. The Morgan fingerprint density at radius 3 is 2.62 bits per heavy atom. The van der Waals surface area contributed by atoms with Crippen LogP contribution in [0.4, 0.5) is 0 Å². The molecule has 0 radical (unpaired) electrons. The number of rotatable bonds is 5. The second kappa shape index (κ2) is 7.09. The van der Waals surface area contributed by atoms with Gasteiger partial charge < -0.3 is 14.3 Å². The summed E-state index contributed by atoms with van der Waals surface area (Å²) in [5.74, 6) is 0.814. The predicted octanol–water partition coefficient (Wildman–Crippen LogP) is 4.42. The summed E-state index contributed by atoms with van der Waals surface area (Å²) in [4.78, 5) is 12.5. The monoisotopic (exact) mass is 386 g/mol. The summed E-state index contributed by atoms with van der Waals surface area (Å²) in [5.41, 5.74) is 3.72. The van der Waals surface area contributed by atoms with Gasteiger partial charge in [-0.25, -0.2) is 0 Å². The molecule has 0 saturated carbocycles. The van der Waals surface area contributed by atoms with Crippen LogP contribution in [0, 0.1) is 13.8 Å². The topological polar surface area (TPSA) is 47.2 Å². The molecule has 4 nitrogen and oxygen atoms in total. The van der Waals surface area contributed by atoms with Crippen molar-refractivity contribution in [2.75, 3.05) is 6.54 Å². The van der Waals surface area contributed by atoms with Crippen molar-refractivity contribution in [3.05, 3.63) is 75.9 Å². The molecule has 0 atom stereocenters. The van der Waals surface area contributed by atoms with Gasteiger partial charge >= 0.3 is 0 Å². The highest BCUT2D eigenvalue weighted by atomic mass is 79.9. The minimum Gasteiger partial charge on any atom is -0.469 e. The number of benzene rings is 1. The maximum atomic E-state index is 12.5. The number of carbonyl (C=O) groups excluding carboxylic acids is 1. The molecule has 1 aromatic carbocycles. The summed E-state index contributed by atoms with van der Waals surface area (Å²) in [6.45, 7) is 4.53. The molecule has 2 heterocycles. The van der Waals surface area contributed by atoms with E-state index in [1.165, 1.54) is 0 Å². The fraction of sp³-hybridized carbons (Fsp3) is 0.211. The average molecular weight is 387 g/mol. The van der Waals surface area contributed by atoms with E-state index in [0.717, 1.165) is 27.3 Å². The largest absolute Gasteiger partial charge is 0.469 e. The minimum atomic E-state index is -0.0574. The lowest BCUT2D eigenvalue weighted by atomic mass is 10.2. The van der Waals surface area contributed by atoms with E-state index >= 15 is 0 Å². The van der Waals surface area contributed by atoms with Crippen molar-refractivity contribution in [1.29, 1.82) is 0 Å². The van der Waals surface area contributed by atoms with E-state index in [2.05, 4.69) is 25.8 Å². The number of nitrogens with one attached hydrogen (secondary N) is 1. The first-order valence-electron chi connectivity index (χ1n) is 7.81. The number of halogens is 1. The van der Waals surface area contributed by atoms with Crippen molar-refractivity contribution < 1.29 is 9.21 Å². The van der Waals surface area contributed by atoms with Crippen molar-refractivity contribution >= 4 is 21.8 Å². The number of nitrogens with zero attached hydrogens (tertiary/aromatic N) is 1. The van der Waals surface area contributed by atoms with E-state index < -0.39 is 0 Å². The second-order valence-corrected chi connectivity index (χ2v) is 6.60. The lowest BCUT2D eigenvalue weighted by Gasteiger charge is -2.10. The number of aryl methyl sites for hydroxylation is 1. The molecule has 1 N–H and O–H groups in total. The molecular formula is C19H19BrN2O2. The number of hydrogen-bond acceptors (Lipinski definition) is 2. The highest BCUT2D eigenvalue weighted by Gasteiger charge is 2.16. The van der Waals surface area contributed by atoms with Gasteiger partial charge in [-0.15, -0.1) is 0 Å². The van der Waals surface area contributed by atoms with Gasteiger partial charge in [0.2, 0.25) is 0 Å². The number of carbonyl (C=O) groups is 1. The zero-order chi connectivity index (χ0) is 17.1. The quantitative estimate of drug-likeness (QED) is 0.705. The summed E-state index contributed by atoms with van der Waals surface area (Å²) in [5, 5.41) is 2.96. The van der Waals surface area contributed by atoms with Gasteiger partial charge in [-0.3, -0.25) is 4.79 Å².